The minimum Gasteiger partial charge on any atom is -0.493 e. The van der Waals surface area contributed by atoms with Gasteiger partial charge in [-0.3, -0.25) is 4.79 Å². The van der Waals surface area contributed by atoms with E-state index in [0.29, 0.717) is 13.2 Å². The molecular formula is C15H23ClN2O2. The number of nitrogens with zero attached hydrogens (tertiary/aromatic N) is 2. The van der Waals surface area contributed by atoms with Crippen LogP contribution in [0.4, 0.5) is 5.69 Å². The quantitative estimate of drug-likeness (QED) is 0.573. The average molecular weight is 299 g/mol. The maximum Gasteiger partial charge on any atom is 0.240 e. The van der Waals surface area contributed by atoms with Gasteiger partial charge in [-0.2, -0.15) is 0 Å². The molecule has 5 heteroatoms. The Balaban J connectivity index is 2.34. The average Bonchev–Trinajstić information content (AvgIpc) is 2.42. The number of halogens is 1. The molecule has 0 saturated carbocycles. The van der Waals surface area contributed by atoms with E-state index in [9.17, 15) is 4.79 Å². The number of carbonyl (C=O) groups is 1. The van der Waals surface area contributed by atoms with E-state index in [1.165, 1.54) is 0 Å². The summed E-state index contributed by atoms with van der Waals surface area (Å²) >= 11 is 5.75. The Kier molecular flexibility index (Phi) is 6.65. The molecule has 0 aliphatic rings. The number of hydrogen-bond donors (Lipinski definition) is 0. The Labute approximate surface area is 126 Å². The Bertz CT molecular complexity index is 436. The van der Waals surface area contributed by atoms with Gasteiger partial charge in [-0.15, -0.1) is 11.6 Å². The number of ether oxygens (including phenoxy) is 1. The number of hydrogen-bond acceptors (Lipinski definition) is 3. The third kappa shape index (κ3) is 5.29. The largest absolute Gasteiger partial charge is 0.493 e. The third-order valence-electron chi connectivity index (χ3n) is 2.96. The van der Waals surface area contributed by atoms with Gasteiger partial charge < -0.3 is 14.5 Å². The van der Waals surface area contributed by atoms with Crippen LogP contribution in [0.5, 0.6) is 5.75 Å². The molecule has 0 aliphatic heterocycles. The Morgan fingerprint density at radius 3 is 2.65 bits per heavy atom. The van der Waals surface area contributed by atoms with E-state index in [1.807, 2.05) is 43.3 Å². The van der Waals surface area contributed by atoms with Gasteiger partial charge >= 0.3 is 0 Å². The summed E-state index contributed by atoms with van der Waals surface area (Å²) in [7, 11) is 5.74. The van der Waals surface area contributed by atoms with Gasteiger partial charge in [-0.1, -0.05) is 6.07 Å². The standard InChI is InChI=1S/C15H23ClN2O2/c1-12(16)15(19)18(4)9-6-10-20-14-8-5-7-13(11-14)17(2)3/h5,7-8,11-12H,6,9-10H2,1-4H3. The number of benzene rings is 1. The summed E-state index contributed by atoms with van der Waals surface area (Å²) in [4.78, 5) is 15.2. The zero-order valence-electron chi connectivity index (χ0n) is 12.6. The van der Waals surface area contributed by atoms with Crippen molar-refractivity contribution in [1.82, 2.24) is 4.90 Å². The minimum absolute atomic E-state index is 0.0544. The number of carbonyl (C=O) groups excluding carboxylic acids is 1. The van der Waals surface area contributed by atoms with Crippen LogP contribution in [0.1, 0.15) is 13.3 Å². The van der Waals surface area contributed by atoms with Gasteiger partial charge in [-0.05, 0) is 25.5 Å². The van der Waals surface area contributed by atoms with E-state index in [1.54, 1.807) is 18.9 Å². The highest BCUT2D eigenvalue weighted by Crippen LogP contribution is 2.19. The molecule has 1 aromatic rings. The van der Waals surface area contributed by atoms with Crippen LogP contribution in [0.15, 0.2) is 24.3 Å². The van der Waals surface area contributed by atoms with E-state index in [-0.39, 0.29) is 5.91 Å². The fraction of sp³-hybridized carbons (Fsp3) is 0.533. The summed E-state index contributed by atoms with van der Waals surface area (Å²) in [5, 5.41) is -0.474. The van der Waals surface area contributed by atoms with Crippen LogP contribution in [0.25, 0.3) is 0 Å². The van der Waals surface area contributed by atoms with Gasteiger partial charge in [0.05, 0.1) is 6.61 Å². The monoisotopic (exact) mass is 298 g/mol. The molecule has 0 aromatic heterocycles. The van der Waals surface area contributed by atoms with Crippen molar-refractivity contribution in [3.8, 4) is 5.75 Å². The Morgan fingerprint density at radius 1 is 1.35 bits per heavy atom. The normalized spacial score (nSPS) is 11.8. The number of anilines is 1. The molecule has 1 atom stereocenters. The molecule has 1 aromatic carbocycles. The highest BCUT2D eigenvalue weighted by atomic mass is 35.5. The maximum absolute atomic E-state index is 11.6. The lowest BCUT2D eigenvalue weighted by molar-refractivity contribution is -0.129. The van der Waals surface area contributed by atoms with Crippen molar-refractivity contribution >= 4 is 23.2 Å². The molecule has 0 aliphatic carbocycles. The summed E-state index contributed by atoms with van der Waals surface area (Å²) in [6, 6.07) is 7.93. The summed E-state index contributed by atoms with van der Waals surface area (Å²) in [6.07, 6.45) is 0.776. The minimum atomic E-state index is -0.474. The molecule has 0 fully saturated rings. The van der Waals surface area contributed by atoms with Crippen LogP contribution in [-0.4, -0.2) is 50.5 Å². The topological polar surface area (TPSA) is 32.8 Å². The first-order valence-corrected chi connectivity index (χ1v) is 7.14. The molecular weight excluding hydrogens is 276 g/mol. The predicted octanol–water partition coefficient (Wildman–Crippen LogP) is 2.61. The van der Waals surface area contributed by atoms with Gasteiger partial charge in [0.25, 0.3) is 0 Å². The number of rotatable bonds is 7. The summed E-state index contributed by atoms with van der Waals surface area (Å²) < 4.78 is 5.69. The molecule has 0 heterocycles. The lowest BCUT2D eigenvalue weighted by atomic mass is 10.3. The van der Waals surface area contributed by atoms with Crippen LogP contribution < -0.4 is 9.64 Å². The van der Waals surface area contributed by atoms with Crippen LogP contribution >= 0.6 is 11.6 Å². The summed E-state index contributed by atoms with van der Waals surface area (Å²) in [5.74, 6) is 0.789. The molecule has 0 spiro atoms. The highest BCUT2D eigenvalue weighted by Gasteiger charge is 2.13. The fourth-order valence-electron chi connectivity index (χ4n) is 1.76. The number of amides is 1. The highest BCUT2D eigenvalue weighted by molar-refractivity contribution is 6.30. The van der Waals surface area contributed by atoms with E-state index in [4.69, 9.17) is 16.3 Å². The Hall–Kier alpha value is -1.42. The van der Waals surface area contributed by atoms with Crippen LogP contribution in [0.3, 0.4) is 0 Å². The first kappa shape index (κ1) is 16.6. The van der Waals surface area contributed by atoms with Crippen molar-refractivity contribution in [1.29, 1.82) is 0 Å². The molecule has 4 nitrogen and oxygen atoms in total. The second kappa shape index (κ2) is 8.00. The Morgan fingerprint density at radius 2 is 2.05 bits per heavy atom. The van der Waals surface area contributed by atoms with Crippen molar-refractivity contribution in [3.05, 3.63) is 24.3 Å². The second-order valence-electron chi connectivity index (χ2n) is 4.97. The molecule has 0 radical (unpaired) electrons. The van der Waals surface area contributed by atoms with Crippen LogP contribution in [0.2, 0.25) is 0 Å². The molecule has 1 amide bonds. The van der Waals surface area contributed by atoms with Crippen LogP contribution in [0, 0.1) is 0 Å². The zero-order chi connectivity index (χ0) is 15.1. The summed E-state index contributed by atoms with van der Waals surface area (Å²) in [6.45, 7) is 2.90. The molecule has 1 rings (SSSR count). The van der Waals surface area contributed by atoms with E-state index < -0.39 is 5.38 Å². The van der Waals surface area contributed by atoms with Gasteiger partial charge in [-0.25, -0.2) is 0 Å². The molecule has 0 bridgehead atoms. The first-order chi connectivity index (χ1) is 9.41. The summed E-state index contributed by atoms with van der Waals surface area (Å²) in [5.41, 5.74) is 1.10. The lowest BCUT2D eigenvalue weighted by Gasteiger charge is -2.18. The smallest absolute Gasteiger partial charge is 0.240 e. The van der Waals surface area contributed by atoms with Gasteiger partial charge in [0.15, 0.2) is 0 Å². The van der Waals surface area contributed by atoms with E-state index in [2.05, 4.69) is 0 Å². The van der Waals surface area contributed by atoms with Crippen molar-refractivity contribution in [2.24, 2.45) is 0 Å². The predicted molar refractivity (Wildman–Crippen MR) is 83.8 cm³/mol. The molecule has 0 saturated heterocycles. The lowest BCUT2D eigenvalue weighted by Crippen LogP contribution is -2.33. The second-order valence-corrected chi connectivity index (χ2v) is 5.62. The van der Waals surface area contributed by atoms with Gasteiger partial charge in [0.1, 0.15) is 11.1 Å². The van der Waals surface area contributed by atoms with E-state index >= 15 is 0 Å². The van der Waals surface area contributed by atoms with Crippen molar-refractivity contribution in [3.63, 3.8) is 0 Å². The van der Waals surface area contributed by atoms with Crippen molar-refractivity contribution < 1.29 is 9.53 Å². The first-order valence-electron chi connectivity index (χ1n) is 6.71. The van der Waals surface area contributed by atoms with Gasteiger partial charge in [0.2, 0.25) is 5.91 Å². The third-order valence-corrected chi connectivity index (χ3v) is 3.14. The van der Waals surface area contributed by atoms with Gasteiger partial charge in [0, 0.05) is 39.4 Å². The maximum atomic E-state index is 11.6. The number of alkyl halides is 1. The van der Waals surface area contributed by atoms with Crippen molar-refractivity contribution in [2.45, 2.75) is 18.7 Å². The SMILES string of the molecule is CC(Cl)C(=O)N(C)CCCOc1cccc(N(C)C)c1. The van der Waals surface area contributed by atoms with E-state index in [0.717, 1.165) is 17.9 Å². The molecule has 0 N–H and O–H groups in total. The molecule has 1 unspecified atom stereocenters. The fourth-order valence-corrected chi connectivity index (χ4v) is 1.92. The van der Waals surface area contributed by atoms with Crippen molar-refractivity contribution in [2.75, 3.05) is 39.2 Å². The molecule has 20 heavy (non-hydrogen) atoms. The molecule has 112 valence electrons. The van der Waals surface area contributed by atoms with Crippen LogP contribution in [-0.2, 0) is 4.79 Å². The zero-order valence-corrected chi connectivity index (χ0v) is 13.4.